The molecule has 1 heterocycles. The molecule has 0 spiro atoms. The van der Waals surface area contributed by atoms with Crippen LogP contribution < -0.4 is 10.6 Å². The Labute approximate surface area is 185 Å². The molecule has 0 unspecified atom stereocenters. The predicted molar refractivity (Wildman–Crippen MR) is 118 cm³/mol. The fourth-order valence-electron chi connectivity index (χ4n) is 2.40. The first-order chi connectivity index (χ1) is 13.9. The molecule has 0 atom stereocenters. The van der Waals surface area contributed by atoms with Gasteiger partial charge in [0, 0.05) is 22.9 Å². The molecule has 29 heavy (non-hydrogen) atoms. The van der Waals surface area contributed by atoms with Gasteiger partial charge in [-0.05, 0) is 46.3 Å². The number of carbonyl (C=O) groups excluding carboxylic acids is 2. The van der Waals surface area contributed by atoms with Crippen LogP contribution in [0.5, 0.6) is 0 Å². The zero-order chi connectivity index (χ0) is 20.8. The first-order valence-corrected chi connectivity index (χ1v) is 10.7. The van der Waals surface area contributed by atoms with Crippen LogP contribution in [0.25, 0.3) is 0 Å². The number of halogens is 2. The molecule has 0 fully saturated rings. The van der Waals surface area contributed by atoms with Gasteiger partial charge in [-0.15, -0.1) is 10.2 Å². The number of hydrogen-bond donors (Lipinski definition) is 2. The van der Waals surface area contributed by atoms with Crippen molar-refractivity contribution in [3.05, 3.63) is 63.9 Å². The number of nitrogens with one attached hydrogen (secondary N) is 2. The van der Waals surface area contributed by atoms with E-state index in [0.717, 1.165) is 10.2 Å². The van der Waals surface area contributed by atoms with Crippen molar-refractivity contribution in [2.24, 2.45) is 7.05 Å². The van der Waals surface area contributed by atoms with Crippen LogP contribution in [0.2, 0.25) is 5.02 Å². The number of hydrogen-bond acceptors (Lipinski definition) is 5. The zero-order valence-electron chi connectivity index (χ0n) is 15.4. The van der Waals surface area contributed by atoms with Gasteiger partial charge in [-0.1, -0.05) is 41.6 Å². The summed E-state index contributed by atoms with van der Waals surface area (Å²) in [5.41, 5.74) is 1.33. The van der Waals surface area contributed by atoms with Crippen LogP contribution in [0.15, 0.2) is 58.2 Å². The molecular formula is C19H17BrClN5O2S. The number of aromatic nitrogens is 3. The Bertz CT molecular complexity index is 1030. The van der Waals surface area contributed by atoms with Crippen molar-refractivity contribution < 1.29 is 9.59 Å². The summed E-state index contributed by atoms with van der Waals surface area (Å²) in [7, 11) is 1.76. The Balaban J connectivity index is 1.53. The number of nitrogens with zero attached hydrogens (tertiary/aromatic N) is 3. The van der Waals surface area contributed by atoms with Gasteiger partial charge >= 0.3 is 0 Å². The van der Waals surface area contributed by atoms with Gasteiger partial charge in [0.2, 0.25) is 11.8 Å². The summed E-state index contributed by atoms with van der Waals surface area (Å²) >= 11 is 10.6. The Kier molecular flexibility index (Phi) is 7.29. The fourth-order valence-corrected chi connectivity index (χ4v) is 3.55. The van der Waals surface area contributed by atoms with Crippen molar-refractivity contribution in [2.75, 3.05) is 16.4 Å². The van der Waals surface area contributed by atoms with Crippen molar-refractivity contribution >= 4 is 62.5 Å². The van der Waals surface area contributed by atoms with E-state index in [2.05, 4.69) is 36.8 Å². The van der Waals surface area contributed by atoms with Crippen LogP contribution in [0.4, 0.5) is 11.4 Å². The van der Waals surface area contributed by atoms with Crippen molar-refractivity contribution in [1.29, 1.82) is 0 Å². The van der Waals surface area contributed by atoms with Crippen molar-refractivity contribution in [3.63, 3.8) is 0 Å². The lowest BCUT2D eigenvalue weighted by molar-refractivity contribution is -0.116. The molecule has 0 bridgehead atoms. The fraction of sp³-hybridized carbons (Fsp3) is 0.158. The second-order valence-corrected chi connectivity index (χ2v) is 8.22. The lowest BCUT2D eigenvalue weighted by Gasteiger charge is -2.07. The van der Waals surface area contributed by atoms with Gasteiger partial charge in [-0.2, -0.15) is 0 Å². The molecule has 0 saturated carbocycles. The zero-order valence-corrected chi connectivity index (χ0v) is 18.5. The number of carbonyl (C=O) groups is 2. The minimum Gasteiger partial charge on any atom is -0.326 e. The third-order valence-electron chi connectivity index (χ3n) is 3.84. The number of amides is 2. The van der Waals surface area contributed by atoms with E-state index >= 15 is 0 Å². The molecule has 150 valence electrons. The topological polar surface area (TPSA) is 88.9 Å². The van der Waals surface area contributed by atoms with E-state index in [9.17, 15) is 9.59 Å². The molecule has 0 radical (unpaired) electrons. The van der Waals surface area contributed by atoms with Crippen molar-refractivity contribution in [1.82, 2.24) is 14.8 Å². The van der Waals surface area contributed by atoms with E-state index in [1.54, 1.807) is 29.8 Å². The number of benzene rings is 2. The van der Waals surface area contributed by atoms with Gasteiger partial charge in [-0.25, -0.2) is 0 Å². The van der Waals surface area contributed by atoms with Gasteiger partial charge < -0.3 is 15.2 Å². The molecule has 2 amide bonds. The number of anilines is 2. The van der Waals surface area contributed by atoms with Crippen molar-refractivity contribution in [3.8, 4) is 0 Å². The smallest absolute Gasteiger partial charge is 0.234 e. The largest absolute Gasteiger partial charge is 0.326 e. The maximum absolute atomic E-state index is 12.2. The number of thioether (sulfide) groups is 1. The predicted octanol–water partition coefficient (Wildman–Crippen LogP) is 4.14. The molecule has 0 aliphatic heterocycles. The number of rotatable bonds is 7. The summed E-state index contributed by atoms with van der Waals surface area (Å²) in [6.07, 6.45) is 0.0859. The Morgan fingerprint density at radius 1 is 1.07 bits per heavy atom. The normalized spacial score (nSPS) is 10.6. The highest BCUT2D eigenvalue weighted by Gasteiger charge is 2.15. The van der Waals surface area contributed by atoms with Crippen LogP contribution in [-0.2, 0) is 23.1 Å². The van der Waals surface area contributed by atoms with Crippen LogP contribution >= 0.6 is 39.3 Å². The summed E-state index contributed by atoms with van der Waals surface area (Å²) < 4.78 is 2.47. The van der Waals surface area contributed by atoms with Crippen LogP contribution in [0, 0.1) is 0 Å². The number of para-hydroxylation sites is 1. The molecule has 2 N–H and O–H groups in total. The van der Waals surface area contributed by atoms with Gasteiger partial charge in [0.15, 0.2) is 5.16 Å². The van der Waals surface area contributed by atoms with E-state index in [4.69, 9.17) is 11.6 Å². The second-order valence-electron chi connectivity index (χ2n) is 6.01. The molecule has 0 saturated heterocycles. The Morgan fingerprint density at radius 3 is 2.52 bits per heavy atom. The maximum atomic E-state index is 12.2. The molecule has 3 rings (SSSR count). The Morgan fingerprint density at radius 2 is 1.79 bits per heavy atom. The molecule has 3 aromatic rings. The summed E-state index contributed by atoms with van der Waals surface area (Å²) in [4.78, 5) is 24.4. The first kappa shape index (κ1) is 21.4. The molecule has 1 aromatic heterocycles. The highest BCUT2D eigenvalue weighted by molar-refractivity contribution is 9.10. The van der Waals surface area contributed by atoms with Gasteiger partial charge in [0.1, 0.15) is 5.82 Å². The highest BCUT2D eigenvalue weighted by Crippen LogP contribution is 2.25. The van der Waals surface area contributed by atoms with E-state index in [1.807, 2.05) is 30.3 Å². The molecule has 7 nitrogen and oxygen atoms in total. The molecule has 0 aliphatic rings. The van der Waals surface area contributed by atoms with E-state index in [-0.39, 0.29) is 24.0 Å². The molecule has 2 aromatic carbocycles. The quantitative estimate of drug-likeness (QED) is 0.482. The Hall–Kier alpha value is -2.36. The molecule has 0 aliphatic carbocycles. The van der Waals surface area contributed by atoms with Crippen LogP contribution in [0.3, 0.4) is 0 Å². The maximum Gasteiger partial charge on any atom is 0.234 e. The first-order valence-electron chi connectivity index (χ1n) is 8.53. The average molecular weight is 495 g/mol. The third-order valence-corrected chi connectivity index (χ3v) is 6.09. The minimum absolute atomic E-state index is 0.0859. The summed E-state index contributed by atoms with van der Waals surface area (Å²) in [6, 6.07) is 14.4. The van der Waals surface area contributed by atoms with Gasteiger partial charge in [0.25, 0.3) is 0 Å². The SMILES string of the molecule is Cn1c(CC(=O)Nc2ccccc2)nnc1SCC(=O)Nc1ccc(Br)c(Cl)c1. The third kappa shape index (κ3) is 6.06. The van der Waals surface area contributed by atoms with E-state index < -0.39 is 0 Å². The summed E-state index contributed by atoms with van der Waals surface area (Å²) in [6.45, 7) is 0. The van der Waals surface area contributed by atoms with Gasteiger partial charge in [0.05, 0.1) is 17.2 Å². The van der Waals surface area contributed by atoms with E-state index in [0.29, 0.717) is 21.7 Å². The monoisotopic (exact) mass is 493 g/mol. The van der Waals surface area contributed by atoms with E-state index in [1.165, 1.54) is 11.8 Å². The standard InChI is InChI=1S/C19H17BrClN5O2S/c1-26-16(10-17(27)22-12-5-3-2-4-6-12)24-25-19(26)29-11-18(28)23-13-7-8-14(20)15(21)9-13/h2-9H,10-11H2,1H3,(H,22,27)(H,23,28). The summed E-state index contributed by atoms with van der Waals surface area (Å²) in [5, 5.41) is 14.8. The van der Waals surface area contributed by atoms with Crippen molar-refractivity contribution in [2.45, 2.75) is 11.6 Å². The highest BCUT2D eigenvalue weighted by atomic mass is 79.9. The minimum atomic E-state index is -0.195. The van der Waals surface area contributed by atoms with Gasteiger partial charge in [-0.3, -0.25) is 9.59 Å². The average Bonchev–Trinajstić information content (AvgIpc) is 3.03. The second kappa shape index (κ2) is 9.91. The summed E-state index contributed by atoms with van der Waals surface area (Å²) in [5.74, 6) is 0.282. The lowest BCUT2D eigenvalue weighted by atomic mass is 10.3. The molecular weight excluding hydrogens is 478 g/mol. The van der Waals surface area contributed by atoms with Crippen LogP contribution in [0.1, 0.15) is 5.82 Å². The lowest BCUT2D eigenvalue weighted by Crippen LogP contribution is -2.17. The molecule has 10 heteroatoms. The van der Waals surface area contributed by atoms with Crippen LogP contribution in [-0.4, -0.2) is 32.3 Å².